The van der Waals surface area contributed by atoms with Crippen molar-refractivity contribution in [3.05, 3.63) is 69.3 Å². The lowest BCUT2D eigenvalue weighted by atomic mass is 10.0. The number of pyridine rings is 1. The molecule has 0 aliphatic carbocycles. The quantitative estimate of drug-likeness (QED) is 0.111. The lowest BCUT2D eigenvalue weighted by Gasteiger charge is -2.27. The molecule has 13 nitrogen and oxygen atoms in total. The van der Waals surface area contributed by atoms with Gasteiger partial charge in [-0.15, -0.1) is 0 Å². The SMILES string of the molecule is COc1c(C)cnc(Cn2cc(C#CCCCNc3cccc4c3C(=O)N(C3CCC(=O)NC3=O)C4=O)c3c(Cl)nc(N)nc32)c1C. The second kappa shape index (κ2) is 12.7. The van der Waals surface area contributed by atoms with Crippen LogP contribution in [0.2, 0.25) is 5.15 Å². The van der Waals surface area contributed by atoms with Crippen molar-refractivity contribution in [2.75, 3.05) is 24.7 Å². The van der Waals surface area contributed by atoms with Gasteiger partial charge in [-0.1, -0.05) is 29.5 Å². The Bertz CT molecular complexity index is 2050. The number of carbonyl (C=O) groups excluding carboxylic acids is 4. The molecule has 6 rings (SSSR count). The van der Waals surface area contributed by atoms with E-state index in [1.54, 1.807) is 31.5 Å². The largest absolute Gasteiger partial charge is 0.496 e. The Morgan fingerprint density at radius 2 is 1.98 bits per heavy atom. The van der Waals surface area contributed by atoms with Crippen molar-refractivity contribution in [1.82, 2.24) is 29.7 Å². The number of unbranched alkanes of at least 4 members (excludes halogenated alkanes) is 1. The molecule has 4 aromatic rings. The number of nitrogen functional groups attached to an aromatic ring is 1. The molecule has 240 valence electrons. The van der Waals surface area contributed by atoms with Gasteiger partial charge in [0.25, 0.3) is 11.8 Å². The summed E-state index contributed by atoms with van der Waals surface area (Å²) in [5, 5.41) is 6.23. The number of aryl methyl sites for hydroxylation is 1. The molecule has 0 bridgehead atoms. The van der Waals surface area contributed by atoms with Crippen molar-refractivity contribution in [2.24, 2.45) is 0 Å². The first-order valence-electron chi connectivity index (χ1n) is 15.0. The smallest absolute Gasteiger partial charge is 0.264 e. The van der Waals surface area contributed by atoms with E-state index >= 15 is 0 Å². The van der Waals surface area contributed by atoms with Gasteiger partial charge in [0.1, 0.15) is 22.6 Å². The Labute approximate surface area is 274 Å². The Balaban J connectivity index is 1.15. The number of hydrogen-bond acceptors (Lipinski definition) is 10. The average molecular weight is 655 g/mol. The van der Waals surface area contributed by atoms with Crippen LogP contribution in [0, 0.1) is 25.7 Å². The summed E-state index contributed by atoms with van der Waals surface area (Å²) in [6, 6.07) is 3.93. The van der Waals surface area contributed by atoms with E-state index in [1.807, 2.05) is 24.6 Å². The van der Waals surface area contributed by atoms with E-state index < -0.39 is 29.7 Å². The van der Waals surface area contributed by atoms with Gasteiger partial charge in [0, 0.05) is 48.6 Å². The molecule has 4 N–H and O–H groups in total. The summed E-state index contributed by atoms with van der Waals surface area (Å²) in [7, 11) is 1.63. The molecule has 5 heterocycles. The fourth-order valence-electron chi connectivity index (χ4n) is 5.99. The normalized spacial score (nSPS) is 15.8. The van der Waals surface area contributed by atoms with Crippen LogP contribution in [0.4, 0.5) is 11.6 Å². The van der Waals surface area contributed by atoms with E-state index in [1.165, 1.54) is 0 Å². The molecule has 2 aliphatic heterocycles. The number of carbonyl (C=O) groups is 4. The number of anilines is 2. The van der Waals surface area contributed by atoms with Crippen LogP contribution >= 0.6 is 11.6 Å². The van der Waals surface area contributed by atoms with Gasteiger partial charge in [0.15, 0.2) is 0 Å². The molecule has 47 heavy (non-hydrogen) atoms. The van der Waals surface area contributed by atoms with Gasteiger partial charge in [-0.3, -0.25) is 34.4 Å². The summed E-state index contributed by atoms with van der Waals surface area (Å²) in [5.74, 6) is 5.00. The second-order valence-corrected chi connectivity index (χ2v) is 11.7. The van der Waals surface area contributed by atoms with Gasteiger partial charge in [-0.05, 0) is 38.8 Å². The minimum atomic E-state index is -1.02. The molecule has 3 aromatic heterocycles. The van der Waals surface area contributed by atoms with E-state index in [9.17, 15) is 19.2 Å². The van der Waals surface area contributed by atoms with Crippen LogP contribution < -0.4 is 21.1 Å². The molecule has 4 amide bonds. The van der Waals surface area contributed by atoms with E-state index in [4.69, 9.17) is 22.1 Å². The molecule has 1 atom stereocenters. The van der Waals surface area contributed by atoms with Crippen molar-refractivity contribution in [3.8, 4) is 17.6 Å². The van der Waals surface area contributed by atoms with Crippen LogP contribution in [0.3, 0.4) is 0 Å². The number of imide groups is 2. The molecule has 1 aromatic carbocycles. The van der Waals surface area contributed by atoms with Crippen LogP contribution in [0.25, 0.3) is 11.0 Å². The van der Waals surface area contributed by atoms with Crippen molar-refractivity contribution in [1.29, 1.82) is 0 Å². The van der Waals surface area contributed by atoms with Crippen LogP contribution in [0.1, 0.15) is 68.8 Å². The monoisotopic (exact) mass is 654 g/mol. The zero-order chi connectivity index (χ0) is 33.4. The first kappa shape index (κ1) is 31.5. The van der Waals surface area contributed by atoms with Gasteiger partial charge in [0.05, 0.1) is 41.4 Å². The third kappa shape index (κ3) is 5.83. The highest BCUT2D eigenvalue weighted by molar-refractivity contribution is 6.34. The number of methoxy groups -OCH3 is 1. The fraction of sp³-hybridized carbons (Fsp3) is 0.303. The zero-order valence-corrected chi connectivity index (χ0v) is 26.7. The maximum absolute atomic E-state index is 13.3. The first-order chi connectivity index (χ1) is 22.6. The summed E-state index contributed by atoms with van der Waals surface area (Å²) in [4.78, 5) is 64.5. The number of amides is 4. The number of ether oxygens (including phenoxy) is 1. The van der Waals surface area contributed by atoms with Gasteiger partial charge < -0.3 is 20.4 Å². The Hall–Kier alpha value is -5.48. The Morgan fingerprint density at radius 1 is 1.17 bits per heavy atom. The number of rotatable bonds is 8. The van der Waals surface area contributed by atoms with E-state index in [0.717, 1.165) is 27.5 Å². The van der Waals surface area contributed by atoms with Gasteiger partial charge in [0.2, 0.25) is 17.8 Å². The zero-order valence-electron chi connectivity index (χ0n) is 25.9. The van der Waals surface area contributed by atoms with Gasteiger partial charge >= 0.3 is 0 Å². The molecule has 1 unspecified atom stereocenters. The fourth-order valence-corrected chi connectivity index (χ4v) is 6.26. The molecule has 0 radical (unpaired) electrons. The molecule has 0 saturated carbocycles. The molecule has 1 fully saturated rings. The standard InChI is InChI=1S/C33H31ClN8O5/c1-17-14-37-22(18(2)27(17)47-3)16-41-15-19(25-28(34)39-33(35)40-29(25)41)8-5-4-6-13-36-21-10-7-9-20-26(21)32(46)42(31(20)45)23-11-12-24(43)38-30(23)44/h7,9-10,14-15,23,36H,4,6,11-13,16H2,1-3H3,(H2,35,39,40)(H,38,43,44). The van der Waals surface area contributed by atoms with Crippen molar-refractivity contribution < 1.29 is 23.9 Å². The van der Waals surface area contributed by atoms with E-state index in [2.05, 4.69) is 37.4 Å². The number of aromatic nitrogens is 4. The van der Waals surface area contributed by atoms with Gasteiger partial charge in [-0.25, -0.2) is 4.98 Å². The van der Waals surface area contributed by atoms with Crippen LogP contribution in [0.15, 0.2) is 30.6 Å². The van der Waals surface area contributed by atoms with Gasteiger partial charge in [-0.2, -0.15) is 4.98 Å². The van der Waals surface area contributed by atoms with Crippen LogP contribution in [-0.2, 0) is 16.1 Å². The lowest BCUT2D eigenvalue weighted by Crippen LogP contribution is -2.54. The highest BCUT2D eigenvalue weighted by atomic mass is 35.5. The third-order valence-corrected chi connectivity index (χ3v) is 8.52. The number of nitrogens with zero attached hydrogens (tertiary/aromatic N) is 5. The Morgan fingerprint density at radius 3 is 2.74 bits per heavy atom. The minimum Gasteiger partial charge on any atom is -0.496 e. The number of fused-ring (bicyclic) bond motifs is 2. The van der Waals surface area contributed by atoms with Crippen molar-refractivity contribution >= 4 is 57.9 Å². The minimum absolute atomic E-state index is 0.0476. The number of hydrogen-bond donors (Lipinski definition) is 3. The number of nitrogens with one attached hydrogen (secondary N) is 2. The van der Waals surface area contributed by atoms with Crippen LogP contribution in [-0.4, -0.2) is 67.7 Å². The third-order valence-electron chi connectivity index (χ3n) is 8.24. The maximum atomic E-state index is 13.3. The molecular weight excluding hydrogens is 624 g/mol. The molecule has 2 aliphatic rings. The highest BCUT2D eigenvalue weighted by Crippen LogP contribution is 2.33. The lowest BCUT2D eigenvalue weighted by molar-refractivity contribution is -0.136. The summed E-state index contributed by atoms with van der Waals surface area (Å²) in [6.07, 6.45) is 4.91. The van der Waals surface area contributed by atoms with E-state index in [-0.39, 0.29) is 35.1 Å². The predicted octanol–water partition coefficient (Wildman–Crippen LogP) is 3.38. The first-order valence-corrected chi connectivity index (χ1v) is 15.3. The topological polar surface area (TPSA) is 174 Å². The number of nitrogens with two attached hydrogens (primary N) is 1. The summed E-state index contributed by atoms with van der Waals surface area (Å²) in [6.45, 7) is 4.75. The van der Waals surface area contributed by atoms with Crippen molar-refractivity contribution in [2.45, 2.75) is 52.1 Å². The highest BCUT2D eigenvalue weighted by Gasteiger charge is 2.45. The maximum Gasteiger partial charge on any atom is 0.264 e. The molecular formula is C33H31ClN8O5. The van der Waals surface area contributed by atoms with Crippen LogP contribution in [0.5, 0.6) is 5.75 Å². The summed E-state index contributed by atoms with van der Waals surface area (Å²) in [5.41, 5.74) is 10.7. The number of piperidine rings is 1. The van der Waals surface area contributed by atoms with Crippen molar-refractivity contribution in [3.63, 3.8) is 0 Å². The second-order valence-electron chi connectivity index (χ2n) is 11.3. The predicted molar refractivity (Wildman–Crippen MR) is 174 cm³/mol. The molecule has 1 saturated heterocycles. The summed E-state index contributed by atoms with van der Waals surface area (Å²) >= 11 is 6.51. The summed E-state index contributed by atoms with van der Waals surface area (Å²) < 4.78 is 7.46. The Kier molecular flexibility index (Phi) is 8.53. The average Bonchev–Trinajstić information content (AvgIpc) is 3.50. The molecule has 0 spiro atoms. The van der Waals surface area contributed by atoms with E-state index in [0.29, 0.717) is 48.2 Å². The number of benzene rings is 1. The number of halogens is 1. The molecule has 14 heteroatoms.